The Hall–Kier alpha value is -0.170. The van der Waals surface area contributed by atoms with Crippen LogP contribution in [0.3, 0.4) is 0 Å². The predicted molar refractivity (Wildman–Crippen MR) is 67.0 cm³/mol. The van der Waals surface area contributed by atoms with Gasteiger partial charge in [0.2, 0.25) is 0 Å². The predicted octanol–water partition coefficient (Wildman–Crippen LogP) is 0.206. The summed E-state index contributed by atoms with van der Waals surface area (Å²) in [5, 5.41) is 3.28. The molecule has 5 nitrogen and oxygen atoms in total. The number of rotatable bonds is 8. The second-order valence-electron chi connectivity index (χ2n) is 4.37. The quantitative estimate of drug-likeness (QED) is 0.635. The average Bonchev–Trinajstić information content (AvgIpc) is 2.27. The van der Waals surface area contributed by atoms with E-state index in [1.165, 1.54) is 0 Å². The molecular formula is C11H23NO4S. The smallest absolute Gasteiger partial charge is 0.151 e. The van der Waals surface area contributed by atoms with Gasteiger partial charge in [0, 0.05) is 19.8 Å². The molecule has 0 aromatic carbocycles. The van der Waals surface area contributed by atoms with Crippen LogP contribution in [0.5, 0.6) is 0 Å². The Morgan fingerprint density at radius 1 is 1.29 bits per heavy atom. The summed E-state index contributed by atoms with van der Waals surface area (Å²) in [6.07, 6.45) is 2.65. The van der Waals surface area contributed by atoms with Gasteiger partial charge in [-0.1, -0.05) is 0 Å². The van der Waals surface area contributed by atoms with Crippen LogP contribution in [0.1, 0.15) is 19.3 Å². The molecule has 1 saturated heterocycles. The molecule has 1 heterocycles. The highest BCUT2D eigenvalue weighted by molar-refractivity contribution is 7.91. The molecule has 0 bridgehead atoms. The van der Waals surface area contributed by atoms with Crippen molar-refractivity contribution in [2.75, 3.05) is 45.0 Å². The highest BCUT2D eigenvalue weighted by Gasteiger charge is 2.23. The third-order valence-corrected chi connectivity index (χ3v) is 4.61. The molecule has 1 fully saturated rings. The zero-order valence-corrected chi connectivity index (χ0v) is 11.3. The van der Waals surface area contributed by atoms with Gasteiger partial charge in [-0.3, -0.25) is 0 Å². The van der Waals surface area contributed by atoms with E-state index < -0.39 is 9.84 Å². The molecule has 1 atom stereocenters. The molecular weight excluding hydrogens is 242 g/mol. The summed E-state index contributed by atoms with van der Waals surface area (Å²) in [6, 6.07) is 0.132. The minimum atomic E-state index is -2.80. The third-order valence-electron chi connectivity index (χ3n) is 2.79. The number of hydrogen-bond donors (Lipinski definition) is 1. The molecule has 0 aromatic heterocycles. The van der Waals surface area contributed by atoms with E-state index in [0.29, 0.717) is 25.6 Å². The van der Waals surface area contributed by atoms with Gasteiger partial charge in [0.05, 0.1) is 24.7 Å². The lowest BCUT2D eigenvalue weighted by molar-refractivity contribution is 0.0693. The van der Waals surface area contributed by atoms with Crippen molar-refractivity contribution in [1.29, 1.82) is 0 Å². The Morgan fingerprint density at radius 3 is 2.82 bits per heavy atom. The Kier molecular flexibility index (Phi) is 7.03. The average molecular weight is 265 g/mol. The molecule has 0 radical (unpaired) electrons. The summed E-state index contributed by atoms with van der Waals surface area (Å²) >= 11 is 0. The van der Waals surface area contributed by atoms with Crippen molar-refractivity contribution in [3.8, 4) is 0 Å². The molecule has 0 spiro atoms. The number of methoxy groups -OCH3 is 1. The molecule has 1 unspecified atom stereocenters. The molecule has 1 N–H and O–H groups in total. The summed E-state index contributed by atoms with van der Waals surface area (Å²) in [7, 11) is -1.15. The topological polar surface area (TPSA) is 64.6 Å². The van der Waals surface area contributed by atoms with E-state index in [-0.39, 0.29) is 11.8 Å². The van der Waals surface area contributed by atoms with Crippen LogP contribution in [0.4, 0.5) is 0 Å². The second-order valence-corrected chi connectivity index (χ2v) is 6.60. The molecule has 17 heavy (non-hydrogen) atoms. The number of hydrogen-bond acceptors (Lipinski definition) is 5. The van der Waals surface area contributed by atoms with E-state index >= 15 is 0 Å². The molecule has 0 amide bonds. The van der Waals surface area contributed by atoms with Crippen molar-refractivity contribution in [3.63, 3.8) is 0 Å². The van der Waals surface area contributed by atoms with Crippen molar-refractivity contribution in [2.24, 2.45) is 0 Å². The first kappa shape index (κ1) is 14.9. The molecule has 6 heteroatoms. The van der Waals surface area contributed by atoms with Crippen LogP contribution in [-0.4, -0.2) is 59.4 Å². The van der Waals surface area contributed by atoms with Crippen LogP contribution in [0.2, 0.25) is 0 Å². The van der Waals surface area contributed by atoms with E-state index in [1.54, 1.807) is 7.11 Å². The number of ether oxygens (including phenoxy) is 2. The Morgan fingerprint density at radius 2 is 2.12 bits per heavy atom. The third kappa shape index (κ3) is 6.98. The largest absolute Gasteiger partial charge is 0.382 e. The van der Waals surface area contributed by atoms with Gasteiger partial charge in [-0.25, -0.2) is 8.42 Å². The van der Waals surface area contributed by atoms with Crippen LogP contribution in [0.25, 0.3) is 0 Å². The molecule has 102 valence electrons. The number of sulfone groups is 1. The monoisotopic (exact) mass is 265 g/mol. The maximum Gasteiger partial charge on any atom is 0.151 e. The zero-order chi connectivity index (χ0) is 12.6. The lowest BCUT2D eigenvalue weighted by Gasteiger charge is -2.23. The Balaban J connectivity index is 1.99. The second kappa shape index (κ2) is 8.02. The van der Waals surface area contributed by atoms with Crippen LogP contribution < -0.4 is 5.32 Å². The van der Waals surface area contributed by atoms with Gasteiger partial charge in [-0.05, 0) is 25.8 Å². The Bertz CT molecular complexity index is 292. The highest BCUT2D eigenvalue weighted by atomic mass is 32.2. The summed E-state index contributed by atoms with van der Waals surface area (Å²) < 4.78 is 33.0. The van der Waals surface area contributed by atoms with Crippen LogP contribution in [0.15, 0.2) is 0 Å². The lowest BCUT2D eigenvalue weighted by atomic mass is 10.2. The van der Waals surface area contributed by atoms with Crippen molar-refractivity contribution in [2.45, 2.75) is 25.3 Å². The van der Waals surface area contributed by atoms with E-state index in [2.05, 4.69) is 5.32 Å². The minimum absolute atomic E-state index is 0.132. The standard InChI is InChI=1S/C11H23NO4S/c1-15-7-8-16-6-3-5-12-11-4-2-9-17(13,14)10-11/h11-12H,2-10H2,1H3. The van der Waals surface area contributed by atoms with Crippen molar-refractivity contribution in [1.82, 2.24) is 5.32 Å². The van der Waals surface area contributed by atoms with Crippen molar-refractivity contribution in [3.05, 3.63) is 0 Å². The van der Waals surface area contributed by atoms with Gasteiger partial charge in [0.1, 0.15) is 0 Å². The summed E-state index contributed by atoms with van der Waals surface area (Å²) in [6.45, 7) is 2.74. The fourth-order valence-corrected chi connectivity index (χ4v) is 3.58. The molecule has 1 aliphatic rings. The van der Waals surface area contributed by atoms with E-state index in [4.69, 9.17) is 9.47 Å². The maximum absolute atomic E-state index is 11.4. The summed E-state index contributed by atoms with van der Waals surface area (Å²) in [5.41, 5.74) is 0. The Labute approximate surface area is 104 Å². The zero-order valence-electron chi connectivity index (χ0n) is 10.5. The van der Waals surface area contributed by atoms with Gasteiger partial charge in [0.25, 0.3) is 0 Å². The summed E-state index contributed by atoms with van der Waals surface area (Å²) in [5.74, 6) is 0.642. The normalized spacial score (nSPS) is 23.7. The van der Waals surface area contributed by atoms with Crippen LogP contribution in [-0.2, 0) is 19.3 Å². The van der Waals surface area contributed by atoms with Gasteiger partial charge in [-0.2, -0.15) is 0 Å². The maximum atomic E-state index is 11.4. The van der Waals surface area contributed by atoms with Gasteiger partial charge in [0.15, 0.2) is 9.84 Å². The summed E-state index contributed by atoms with van der Waals surface area (Å²) in [4.78, 5) is 0. The lowest BCUT2D eigenvalue weighted by Crippen LogP contribution is -2.40. The number of nitrogens with one attached hydrogen (secondary N) is 1. The molecule has 0 aliphatic carbocycles. The first-order valence-corrected chi connectivity index (χ1v) is 7.97. The van der Waals surface area contributed by atoms with E-state index in [9.17, 15) is 8.42 Å². The van der Waals surface area contributed by atoms with Gasteiger partial charge < -0.3 is 14.8 Å². The van der Waals surface area contributed by atoms with Gasteiger partial charge in [-0.15, -0.1) is 0 Å². The fourth-order valence-electron chi connectivity index (χ4n) is 1.91. The molecule has 1 rings (SSSR count). The molecule has 1 aliphatic heterocycles. The fraction of sp³-hybridized carbons (Fsp3) is 1.00. The molecule has 0 aromatic rings. The first-order chi connectivity index (χ1) is 8.14. The van der Waals surface area contributed by atoms with Crippen LogP contribution >= 0.6 is 0 Å². The first-order valence-electron chi connectivity index (χ1n) is 6.14. The van der Waals surface area contributed by atoms with Gasteiger partial charge >= 0.3 is 0 Å². The molecule has 0 saturated carbocycles. The van der Waals surface area contributed by atoms with E-state index in [0.717, 1.165) is 25.8 Å². The SMILES string of the molecule is COCCOCCCNC1CCCS(=O)(=O)C1. The highest BCUT2D eigenvalue weighted by Crippen LogP contribution is 2.11. The minimum Gasteiger partial charge on any atom is -0.382 e. The van der Waals surface area contributed by atoms with Crippen molar-refractivity contribution >= 4 is 9.84 Å². The van der Waals surface area contributed by atoms with Crippen LogP contribution in [0, 0.1) is 0 Å². The van der Waals surface area contributed by atoms with Crippen molar-refractivity contribution < 1.29 is 17.9 Å². The van der Waals surface area contributed by atoms with E-state index in [1.807, 2.05) is 0 Å².